The van der Waals surface area contributed by atoms with Crippen molar-refractivity contribution >= 4 is 44.1 Å². The van der Waals surface area contributed by atoms with Crippen LogP contribution in [-0.4, -0.2) is 16.1 Å². The van der Waals surface area contributed by atoms with Crippen LogP contribution in [0.3, 0.4) is 0 Å². The number of anilines is 2. The van der Waals surface area contributed by atoms with E-state index in [2.05, 4.69) is 26.2 Å². The van der Waals surface area contributed by atoms with Crippen LogP contribution in [-0.2, 0) is 11.2 Å². The molecule has 7 heteroatoms. The SMILES string of the molecule is Cc1cc(Br)c(F)cc1Nc1nc(CC(=O)O)cs1. The normalized spacial score (nSPS) is 10.5. The first kappa shape index (κ1) is 14.0. The summed E-state index contributed by atoms with van der Waals surface area (Å²) in [5.41, 5.74) is 1.95. The predicted molar refractivity (Wildman–Crippen MR) is 75.6 cm³/mol. The van der Waals surface area contributed by atoms with Crippen molar-refractivity contribution in [2.45, 2.75) is 13.3 Å². The number of carboxylic acid groups (broad SMARTS) is 1. The van der Waals surface area contributed by atoms with Gasteiger partial charge in [-0.05, 0) is 40.5 Å². The summed E-state index contributed by atoms with van der Waals surface area (Å²) in [4.78, 5) is 14.7. The van der Waals surface area contributed by atoms with Crippen molar-refractivity contribution in [2.75, 3.05) is 5.32 Å². The molecular formula is C12H10BrFN2O2S. The molecule has 0 saturated carbocycles. The van der Waals surface area contributed by atoms with E-state index in [1.165, 1.54) is 17.4 Å². The Morgan fingerprint density at radius 2 is 2.32 bits per heavy atom. The number of nitrogens with zero attached hydrogens (tertiary/aromatic N) is 1. The molecule has 0 saturated heterocycles. The number of hydrogen-bond donors (Lipinski definition) is 2. The summed E-state index contributed by atoms with van der Waals surface area (Å²) in [6, 6.07) is 3.04. The topological polar surface area (TPSA) is 62.2 Å². The third-order valence-corrected chi connectivity index (χ3v) is 3.81. The molecule has 0 fully saturated rings. The minimum atomic E-state index is -0.928. The van der Waals surface area contributed by atoms with Crippen LogP contribution in [0.5, 0.6) is 0 Å². The van der Waals surface area contributed by atoms with Crippen LogP contribution in [0.4, 0.5) is 15.2 Å². The molecule has 2 rings (SSSR count). The first-order valence-corrected chi connectivity index (χ1v) is 7.02. The molecule has 19 heavy (non-hydrogen) atoms. The standard InChI is InChI=1S/C12H10BrFN2O2S/c1-6-2-8(13)9(14)4-10(6)16-12-15-7(5-19-12)3-11(17)18/h2,4-5H,3H2,1H3,(H,15,16)(H,17,18). The molecule has 0 unspecified atom stereocenters. The summed E-state index contributed by atoms with van der Waals surface area (Å²) in [6.07, 6.45) is -0.119. The van der Waals surface area contributed by atoms with E-state index >= 15 is 0 Å². The van der Waals surface area contributed by atoms with Gasteiger partial charge in [0.2, 0.25) is 0 Å². The van der Waals surface area contributed by atoms with E-state index in [0.717, 1.165) is 5.56 Å². The molecule has 1 aromatic carbocycles. The number of aromatic nitrogens is 1. The van der Waals surface area contributed by atoms with Crippen molar-refractivity contribution in [3.05, 3.63) is 39.1 Å². The fraction of sp³-hybridized carbons (Fsp3) is 0.167. The summed E-state index contributed by atoms with van der Waals surface area (Å²) in [5.74, 6) is -1.29. The third kappa shape index (κ3) is 3.51. The molecule has 4 nitrogen and oxygen atoms in total. The minimum Gasteiger partial charge on any atom is -0.481 e. The van der Waals surface area contributed by atoms with Crippen LogP contribution in [0, 0.1) is 12.7 Å². The first-order chi connectivity index (χ1) is 8.95. The Morgan fingerprint density at radius 3 is 3.00 bits per heavy atom. The average molecular weight is 345 g/mol. The van der Waals surface area contributed by atoms with Gasteiger partial charge in [0, 0.05) is 11.1 Å². The van der Waals surface area contributed by atoms with Gasteiger partial charge >= 0.3 is 5.97 Å². The van der Waals surface area contributed by atoms with Gasteiger partial charge in [-0.2, -0.15) is 0 Å². The molecule has 100 valence electrons. The molecule has 2 aromatic rings. The molecule has 0 bridgehead atoms. The lowest BCUT2D eigenvalue weighted by molar-refractivity contribution is -0.136. The fourth-order valence-corrected chi connectivity index (χ4v) is 2.68. The second-order valence-corrected chi connectivity index (χ2v) is 5.63. The van der Waals surface area contributed by atoms with Crippen LogP contribution in [0.15, 0.2) is 22.0 Å². The third-order valence-electron chi connectivity index (χ3n) is 2.39. The Balaban J connectivity index is 2.19. The van der Waals surface area contributed by atoms with Crippen LogP contribution in [0.2, 0.25) is 0 Å². The highest BCUT2D eigenvalue weighted by atomic mass is 79.9. The maximum atomic E-state index is 13.5. The Labute approximate surface area is 121 Å². The van der Waals surface area contributed by atoms with Crippen LogP contribution in [0.25, 0.3) is 0 Å². The fourth-order valence-electron chi connectivity index (χ4n) is 1.50. The Kier molecular flexibility index (Phi) is 4.16. The highest BCUT2D eigenvalue weighted by molar-refractivity contribution is 9.10. The number of halogens is 2. The van der Waals surface area contributed by atoms with E-state index in [1.54, 1.807) is 11.4 Å². The minimum absolute atomic E-state index is 0.119. The molecule has 0 aliphatic heterocycles. The number of hydrogen-bond acceptors (Lipinski definition) is 4. The second-order valence-electron chi connectivity index (χ2n) is 3.92. The maximum absolute atomic E-state index is 13.5. The predicted octanol–water partition coefficient (Wildman–Crippen LogP) is 3.72. The van der Waals surface area contributed by atoms with E-state index in [-0.39, 0.29) is 12.2 Å². The van der Waals surface area contributed by atoms with Gasteiger partial charge in [-0.25, -0.2) is 9.37 Å². The molecule has 2 N–H and O–H groups in total. The Bertz CT molecular complexity index is 630. The van der Waals surface area contributed by atoms with E-state index in [9.17, 15) is 9.18 Å². The Morgan fingerprint density at radius 1 is 1.58 bits per heavy atom. The molecule has 1 heterocycles. The number of carboxylic acids is 1. The zero-order valence-corrected chi connectivity index (χ0v) is 12.3. The lowest BCUT2D eigenvalue weighted by Gasteiger charge is -2.07. The summed E-state index contributed by atoms with van der Waals surface area (Å²) < 4.78 is 13.9. The lowest BCUT2D eigenvalue weighted by atomic mass is 10.2. The van der Waals surface area contributed by atoms with Crippen molar-refractivity contribution in [3.8, 4) is 0 Å². The number of benzene rings is 1. The molecule has 0 aliphatic rings. The van der Waals surface area contributed by atoms with Gasteiger partial charge in [-0.1, -0.05) is 0 Å². The van der Waals surface area contributed by atoms with Gasteiger partial charge in [0.25, 0.3) is 0 Å². The van der Waals surface area contributed by atoms with Crippen molar-refractivity contribution in [2.24, 2.45) is 0 Å². The quantitative estimate of drug-likeness (QED) is 0.887. The lowest BCUT2D eigenvalue weighted by Crippen LogP contribution is -2.00. The summed E-state index contributed by atoms with van der Waals surface area (Å²) >= 11 is 4.40. The maximum Gasteiger partial charge on any atom is 0.309 e. The van der Waals surface area contributed by atoms with Crippen LogP contribution in [0.1, 0.15) is 11.3 Å². The molecule has 0 radical (unpaired) electrons. The molecule has 0 spiro atoms. The summed E-state index contributed by atoms with van der Waals surface area (Å²) in [7, 11) is 0. The monoisotopic (exact) mass is 344 g/mol. The number of carbonyl (C=O) groups is 1. The smallest absolute Gasteiger partial charge is 0.309 e. The van der Waals surface area contributed by atoms with Gasteiger partial charge < -0.3 is 10.4 Å². The van der Waals surface area contributed by atoms with Gasteiger partial charge in [0.15, 0.2) is 5.13 Å². The van der Waals surface area contributed by atoms with Crippen molar-refractivity contribution in [1.82, 2.24) is 4.98 Å². The van der Waals surface area contributed by atoms with Gasteiger partial charge in [-0.3, -0.25) is 4.79 Å². The molecule has 0 aliphatic carbocycles. The van der Waals surface area contributed by atoms with Gasteiger partial charge in [0.1, 0.15) is 5.82 Å². The Hall–Kier alpha value is -1.47. The van der Waals surface area contributed by atoms with E-state index in [0.29, 0.717) is 21.0 Å². The molecular weight excluding hydrogens is 335 g/mol. The van der Waals surface area contributed by atoms with Crippen molar-refractivity contribution in [1.29, 1.82) is 0 Å². The van der Waals surface area contributed by atoms with E-state index in [4.69, 9.17) is 5.11 Å². The zero-order chi connectivity index (χ0) is 14.0. The van der Waals surface area contributed by atoms with E-state index in [1.807, 2.05) is 6.92 Å². The summed E-state index contributed by atoms with van der Waals surface area (Å²) in [6.45, 7) is 1.85. The molecule has 0 amide bonds. The highest BCUT2D eigenvalue weighted by Crippen LogP contribution is 2.28. The number of aryl methyl sites for hydroxylation is 1. The zero-order valence-electron chi connectivity index (χ0n) is 9.91. The molecule has 0 atom stereocenters. The van der Waals surface area contributed by atoms with Crippen LogP contribution < -0.4 is 5.32 Å². The number of aliphatic carboxylic acids is 1. The van der Waals surface area contributed by atoms with Crippen molar-refractivity contribution < 1.29 is 14.3 Å². The average Bonchev–Trinajstić information content (AvgIpc) is 2.72. The summed E-state index contributed by atoms with van der Waals surface area (Å²) in [5, 5.41) is 13.9. The molecule has 1 aromatic heterocycles. The second kappa shape index (κ2) is 5.66. The van der Waals surface area contributed by atoms with Crippen LogP contribution >= 0.6 is 27.3 Å². The first-order valence-electron chi connectivity index (χ1n) is 5.34. The van der Waals surface area contributed by atoms with Gasteiger partial charge in [-0.15, -0.1) is 11.3 Å². The van der Waals surface area contributed by atoms with E-state index < -0.39 is 5.97 Å². The number of nitrogens with one attached hydrogen (secondary N) is 1. The highest BCUT2D eigenvalue weighted by Gasteiger charge is 2.09. The van der Waals surface area contributed by atoms with Crippen molar-refractivity contribution in [3.63, 3.8) is 0 Å². The number of rotatable bonds is 4. The number of thiazole rings is 1. The largest absolute Gasteiger partial charge is 0.481 e. The van der Waals surface area contributed by atoms with Gasteiger partial charge in [0.05, 0.1) is 16.6 Å².